The summed E-state index contributed by atoms with van der Waals surface area (Å²) in [5, 5.41) is 0. The molecule has 9 heteroatoms. The molecule has 2 aromatic carbocycles. The number of esters is 1. The highest BCUT2D eigenvalue weighted by Gasteiger charge is 2.42. The zero-order valence-electron chi connectivity index (χ0n) is 28.1. The summed E-state index contributed by atoms with van der Waals surface area (Å²) in [4.78, 5) is 13.4. The second-order valence-corrected chi connectivity index (χ2v) is 17.6. The van der Waals surface area contributed by atoms with Crippen molar-refractivity contribution in [1.29, 1.82) is 0 Å². The number of rotatable bonds is 15. The molecular formula is C35H52NO6PS. The molecule has 0 aliphatic carbocycles. The molecule has 0 radical (unpaired) electrons. The maximum atomic E-state index is 14.9. The van der Waals surface area contributed by atoms with Crippen molar-refractivity contribution < 1.29 is 27.0 Å². The van der Waals surface area contributed by atoms with Crippen molar-refractivity contribution in [2.75, 3.05) is 12.8 Å². The summed E-state index contributed by atoms with van der Waals surface area (Å²) >= 11 is 0. The smallest absolute Gasteiger partial charge is 0.310 e. The van der Waals surface area contributed by atoms with Crippen molar-refractivity contribution in [3.05, 3.63) is 64.7 Å². The molecule has 1 N–H and O–H groups in total. The Morgan fingerprint density at radius 1 is 0.977 bits per heavy atom. The lowest BCUT2D eigenvalue weighted by Crippen LogP contribution is -2.40. The first-order chi connectivity index (χ1) is 20.3. The van der Waals surface area contributed by atoms with Crippen LogP contribution in [0.4, 0.5) is 0 Å². The summed E-state index contributed by atoms with van der Waals surface area (Å²) in [6, 6.07) is 13.2. The SMILES string of the molecule is C#CC[C@H](C[P@@](=O)(OCC)[C@H](Cc1ccccc1)NS(=O)(=O)c1c(C(C)C)cc(C(C)C)cc1C(C)C)C(=O)OC(C)(C)C. The Morgan fingerprint density at radius 2 is 1.52 bits per heavy atom. The Hall–Kier alpha value is -2.43. The normalized spacial score (nSPS) is 15.2. The van der Waals surface area contributed by atoms with Gasteiger partial charge in [0.1, 0.15) is 11.4 Å². The Balaban J connectivity index is 2.77. The molecule has 0 fully saturated rings. The zero-order valence-corrected chi connectivity index (χ0v) is 29.8. The van der Waals surface area contributed by atoms with Gasteiger partial charge in [-0.2, -0.15) is 4.72 Å². The molecule has 2 aromatic rings. The van der Waals surface area contributed by atoms with Gasteiger partial charge in [0.05, 0.1) is 17.4 Å². The number of hydrogen-bond donors (Lipinski definition) is 1. The third-order valence-electron chi connectivity index (χ3n) is 7.31. The van der Waals surface area contributed by atoms with E-state index in [1.807, 2.05) is 70.2 Å². The lowest BCUT2D eigenvalue weighted by Gasteiger charge is -2.32. The highest BCUT2D eigenvalue weighted by molar-refractivity contribution is 7.90. The number of carbonyl (C=O) groups is 1. The highest BCUT2D eigenvalue weighted by Crippen LogP contribution is 2.54. The molecule has 0 unspecified atom stereocenters. The predicted molar refractivity (Wildman–Crippen MR) is 180 cm³/mol. The van der Waals surface area contributed by atoms with Crippen molar-refractivity contribution in [1.82, 2.24) is 4.72 Å². The van der Waals surface area contributed by atoms with Crippen LogP contribution in [-0.2, 0) is 35.1 Å². The molecule has 7 nitrogen and oxygen atoms in total. The Bertz CT molecular complexity index is 1420. The molecule has 0 amide bonds. The van der Waals surface area contributed by atoms with E-state index in [1.54, 1.807) is 27.7 Å². The summed E-state index contributed by atoms with van der Waals surface area (Å²) in [5.41, 5.74) is 2.46. The van der Waals surface area contributed by atoms with Gasteiger partial charge in [0, 0.05) is 12.6 Å². The van der Waals surface area contributed by atoms with Gasteiger partial charge in [-0.25, -0.2) is 8.42 Å². The van der Waals surface area contributed by atoms with E-state index in [-0.39, 0.29) is 48.3 Å². The fraction of sp³-hybridized carbons (Fsp3) is 0.571. The molecule has 0 aromatic heterocycles. The monoisotopic (exact) mass is 645 g/mol. The quantitative estimate of drug-likeness (QED) is 0.119. The van der Waals surface area contributed by atoms with Gasteiger partial charge in [-0.15, -0.1) is 12.3 Å². The number of hydrogen-bond acceptors (Lipinski definition) is 6. The molecule has 0 aliphatic rings. The van der Waals surface area contributed by atoms with E-state index in [0.717, 1.165) is 11.1 Å². The molecule has 0 bridgehead atoms. The number of benzene rings is 2. The van der Waals surface area contributed by atoms with E-state index < -0.39 is 40.7 Å². The van der Waals surface area contributed by atoms with Crippen LogP contribution in [0.15, 0.2) is 47.4 Å². The summed E-state index contributed by atoms with van der Waals surface area (Å²) in [7, 11) is -8.14. The van der Waals surface area contributed by atoms with Crippen LogP contribution in [0, 0.1) is 18.3 Å². The average molecular weight is 646 g/mol. The van der Waals surface area contributed by atoms with Crippen molar-refractivity contribution in [3.8, 4) is 12.3 Å². The van der Waals surface area contributed by atoms with Gasteiger partial charge in [-0.1, -0.05) is 84.0 Å². The number of sulfonamides is 1. The van der Waals surface area contributed by atoms with E-state index in [9.17, 15) is 17.8 Å². The standard InChI is InChI=1S/C35H52NO6PS/c1-12-17-28(34(37)42-35(9,10)11)23-43(38,41-13-2)32(20-27-18-15-14-16-19-27)36-44(39,40)33-30(25(5)6)21-29(24(3)4)22-31(33)26(7)8/h1,14-16,18-19,21-22,24-26,28,32,36H,13,17,20,23H2,2-11H3/t28-,32-,43-/m1/s1. The highest BCUT2D eigenvalue weighted by atomic mass is 32.2. The molecule has 44 heavy (non-hydrogen) atoms. The first-order valence-corrected chi connectivity index (χ1v) is 18.8. The first-order valence-electron chi connectivity index (χ1n) is 15.5. The summed E-state index contributed by atoms with van der Waals surface area (Å²) in [6.07, 6.45) is 5.43. The van der Waals surface area contributed by atoms with Crippen LogP contribution in [0.25, 0.3) is 0 Å². The van der Waals surface area contributed by atoms with Crippen molar-refractivity contribution in [2.45, 2.75) is 116 Å². The summed E-state index contributed by atoms with van der Waals surface area (Å²) in [6.45, 7) is 19.0. The summed E-state index contributed by atoms with van der Waals surface area (Å²) < 4.78 is 58.4. The lowest BCUT2D eigenvalue weighted by molar-refractivity contribution is -0.159. The van der Waals surface area contributed by atoms with Crippen molar-refractivity contribution in [2.24, 2.45) is 5.92 Å². The molecular weight excluding hydrogens is 593 g/mol. The van der Waals surface area contributed by atoms with E-state index >= 15 is 0 Å². The van der Waals surface area contributed by atoms with E-state index in [2.05, 4.69) is 24.5 Å². The average Bonchev–Trinajstić information content (AvgIpc) is 2.91. The maximum Gasteiger partial charge on any atom is 0.310 e. The Labute approximate surface area is 266 Å². The van der Waals surface area contributed by atoms with E-state index in [4.69, 9.17) is 15.7 Å². The third-order valence-corrected chi connectivity index (χ3v) is 12.0. The molecule has 2 rings (SSSR count). The zero-order chi connectivity index (χ0) is 33.5. The van der Waals surface area contributed by atoms with Gasteiger partial charge in [0.2, 0.25) is 17.4 Å². The van der Waals surface area contributed by atoms with Crippen LogP contribution in [0.3, 0.4) is 0 Å². The van der Waals surface area contributed by atoms with Crippen LogP contribution in [-0.4, -0.2) is 38.5 Å². The second kappa shape index (κ2) is 15.7. The fourth-order valence-corrected chi connectivity index (χ4v) is 10.3. The predicted octanol–water partition coefficient (Wildman–Crippen LogP) is 8.20. The Morgan fingerprint density at radius 3 is 1.95 bits per heavy atom. The maximum absolute atomic E-state index is 14.9. The van der Waals surface area contributed by atoms with Gasteiger partial charge in [0.15, 0.2) is 0 Å². The molecule has 0 heterocycles. The number of ether oxygens (including phenoxy) is 1. The van der Waals surface area contributed by atoms with Gasteiger partial charge in [-0.05, 0) is 74.1 Å². The van der Waals surface area contributed by atoms with Crippen LogP contribution < -0.4 is 4.72 Å². The second-order valence-electron chi connectivity index (χ2n) is 13.3. The van der Waals surface area contributed by atoms with Crippen molar-refractivity contribution >= 4 is 23.4 Å². The van der Waals surface area contributed by atoms with E-state index in [0.29, 0.717) is 11.1 Å². The largest absolute Gasteiger partial charge is 0.460 e. The topological polar surface area (TPSA) is 98.8 Å². The molecule has 0 aliphatic heterocycles. The minimum atomic E-state index is -4.23. The number of terminal acetylenes is 1. The van der Waals surface area contributed by atoms with Gasteiger partial charge < -0.3 is 9.26 Å². The van der Waals surface area contributed by atoms with Crippen LogP contribution in [0.2, 0.25) is 0 Å². The number of carbonyl (C=O) groups excluding carboxylic acids is 1. The fourth-order valence-electron chi connectivity index (χ4n) is 5.08. The summed E-state index contributed by atoms with van der Waals surface area (Å²) in [5.74, 6) is -0.165. The van der Waals surface area contributed by atoms with Crippen molar-refractivity contribution in [3.63, 3.8) is 0 Å². The minimum absolute atomic E-state index is 0.0254. The van der Waals surface area contributed by atoms with Gasteiger partial charge >= 0.3 is 5.97 Å². The van der Waals surface area contributed by atoms with Crippen LogP contribution in [0.1, 0.15) is 116 Å². The minimum Gasteiger partial charge on any atom is -0.460 e. The molecule has 3 atom stereocenters. The third kappa shape index (κ3) is 10.3. The van der Waals surface area contributed by atoms with Crippen LogP contribution in [0.5, 0.6) is 0 Å². The lowest BCUT2D eigenvalue weighted by atomic mass is 9.89. The number of nitrogens with one attached hydrogen (secondary N) is 1. The molecule has 0 spiro atoms. The van der Waals surface area contributed by atoms with E-state index in [1.165, 1.54) is 0 Å². The molecule has 0 saturated heterocycles. The first kappa shape index (κ1) is 37.8. The Kier molecular flexibility index (Phi) is 13.5. The molecule has 0 saturated carbocycles. The molecule has 244 valence electrons. The van der Waals surface area contributed by atoms with Gasteiger partial charge in [-0.3, -0.25) is 9.36 Å². The van der Waals surface area contributed by atoms with Crippen LogP contribution >= 0.6 is 7.37 Å². The van der Waals surface area contributed by atoms with Gasteiger partial charge in [0.25, 0.3) is 0 Å².